The Labute approximate surface area is 103 Å². The molecule has 0 aliphatic rings. The number of nitrogens with zero attached hydrogens (tertiary/aromatic N) is 1. The number of rotatable bonds is 4. The van der Waals surface area contributed by atoms with Crippen molar-refractivity contribution in [2.75, 3.05) is 12.8 Å². The zero-order valence-corrected chi connectivity index (χ0v) is 11.6. The van der Waals surface area contributed by atoms with E-state index in [1.54, 1.807) is 25.2 Å². The summed E-state index contributed by atoms with van der Waals surface area (Å²) in [5.41, 5.74) is 5.65. The smallest absolute Gasteiger partial charge is 0.243 e. The van der Waals surface area contributed by atoms with Crippen LogP contribution < -0.4 is 5.73 Å². The molecule has 0 unspecified atom stereocenters. The molecular weight excluding hydrogens is 236 g/mol. The maximum atomic E-state index is 12.4. The molecule has 0 aromatic heterocycles. The normalized spacial score (nSPS) is 13.0. The van der Waals surface area contributed by atoms with Gasteiger partial charge in [-0.05, 0) is 38.5 Å². The van der Waals surface area contributed by atoms with E-state index in [1.807, 2.05) is 20.8 Å². The maximum Gasteiger partial charge on any atom is 0.243 e. The van der Waals surface area contributed by atoms with Crippen molar-refractivity contribution in [2.45, 2.75) is 37.6 Å². The molecule has 0 spiro atoms. The monoisotopic (exact) mass is 256 g/mol. The van der Waals surface area contributed by atoms with Crippen molar-refractivity contribution in [3.63, 3.8) is 0 Å². The summed E-state index contributed by atoms with van der Waals surface area (Å²) < 4.78 is 26.1. The molecule has 0 aliphatic heterocycles. The number of anilines is 1. The van der Waals surface area contributed by atoms with Crippen molar-refractivity contribution in [1.82, 2.24) is 4.31 Å². The molecule has 0 bridgehead atoms. The van der Waals surface area contributed by atoms with Crippen LogP contribution in [0, 0.1) is 0 Å². The number of sulfonamides is 1. The SMILES string of the molecule is CCC(C)(C)N(C)S(=O)(=O)c1cccc(N)c1. The first kappa shape index (κ1) is 14.0. The lowest BCUT2D eigenvalue weighted by Gasteiger charge is -2.33. The van der Waals surface area contributed by atoms with Gasteiger partial charge >= 0.3 is 0 Å². The average Bonchev–Trinajstić information content (AvgIpc) is 2.28. The molecule has 96 valence electrons. The molecule has 0 fully saturated rings. The summed E-state index contributed by atoms with van der Waals surface area (Å²) in [6.07, 6.45) is 0.741. The number of nitrogen functional groups attached to an aromatic ring is 1. The van der Waals surface area contributed by atoms with Crippen LogP contribution in [0.5, 0.6) is 0 Å². The lowest BCUT2D eigenvalue weighted by atomic mass is 10.0. The van der Waals surface area contributed by atoms with Crippen molar-refractivity contribution in [2.24, 2.45) is 0 Å². The Hall–Kier alpha value is -1.07. The second kappa shape index (κ2) is 4.66. The minimum Gasteiger partial charge on any atom is -0.399 e. The highest BCUT2D eigenvalue weighted by molar-refractivity contribution is 7.89. The first-order valence-corrected chi connectivity index (χ1v) is 7.00. The van der Waals surface area contributed by atoms with Crippen molar-refractivity contribution in [3.05, 3.63) is 24.3 Å². The third-order valence-electron chi connectivity index (χ3n) is 3.23. The topological polar surface area (TPSA) is 63.4 Å². The fourth-order valence-corrected chi connectivity index (χ4v) is 3.01. The molecule has 0 radical (unpaired) electrons. The minimum absolute atomic E-state index is 0.238. The van der Waals surface area contributed by atoms with Gasteiger partial charge in [0.15, 0.2) is 0 Å². The van der Waals surface area contributed by atoms with Gasteiger partial charge in [0.2, 0.25) is 10.0 Å². The van der Waals surface area contributed by atoms with Crippen molar-refractivity contribution < 1.29 is 8.42 Å². The van der Waals surface area contributed by atoms with Gasteiger partial charge in [0.25, 0.3) is 0 Å². The van der Waals surface area contributed by atoms with Crippen molar-refractivity contribution in [3.8, 4) is 0 Å². The van der Waals surface area contributed by atoms with Crippen LogP contribution in [0.15, 0.2) is 29.2 Å². The van der Waals surface area contributed by atoms with Gasteiger partial charge in [-0.3, -0.25) is 0 Å². The minimum atomic E-state index is -3.48. The quantitative estimate of drug-likeness (QED) is 0.839. The molecule has 2 N–H and O–H groups in total. The van der Waals surface area contributed by atoms with Crippen LogP contribution in [0.2, 0.25) is 0 Å². The molecule has 0 saturated heterocycles. The number of benzene rings is 1. The average molecular weight is 256 g/mol. The third kappa shape index (κ3) is 2.79. The Kier molecular flexibility index (Phi) is 3.84. The second-order valence-electron chi connectivity index (χ2n) is 4.71. The summed E-state index contributed by atoms with van der Waals surface area (Å²) in [6.45, 7) is 5.76. The summed E-state index contributed by atoms with van der Waals surface area (Å²) in [7, 11) is -1.88. The van der Waals surface area contributed by atoms with Gasteiger partial charge in [-0.25, -0.2) is 8.42 Å². The summed E-state index contributed by atoms with van der Waals surface area (Å²) in [5.74, 6) is 0. The highest BCUT2D eigenvalue weighted by atomic mass is 32.2. The van der Waals surface area contributed by atoms with Crippen molar-refractivity contribution in [1.29, 1.82) is 0 Å². The molecule has 17 heavy (non-hydrogen) atoms. The van der Waals surface area contributed by atoms with Crippen LogP contribution in [0.4, 0.5) is 5.69 Å². The fourth-order valence-electron chi connectivity index (χ4n) is 1.38. The Morgan fingerprint density at radius 1 is 1.35 bits per heavy atom. The number of hydrogen-bond acceptors (Lipinski definition) is 3. The zero-order valence-electron chi connectivity index (χ0n) is 10.8. The number of hydrogen-bond donors (Lipinski definition) is 1. The molecule has 0 atom stereocenters. The highest BCUT2D eigenvalue weighted by Gasteiger charge is 2.32. The molecule has 5 heteroatoms. The Balaban J connectivity index is 3.21. The Bertz CT molecular complexity index is 495. The number of nitrogens with two attached hydrogens (primary N) is 1. The summed E-state index contributed by atoms with van der Waals surface area (Å²) in [5, 5.41) is 0. The maximum absolute atomic E-state index is 12.4. The molecule has 4 nitrogen and oxygen atoms in total. The zero-order chi connectivity index (χ0) is 13.3. The van der Waals surface area contributed by atoms with Gasteiger partial charge in [-0.2, -0.15) is 4.31 Å². The molecule has 1 rings (SSSR count). The van der Waals surface area contributed by atoms with E-state index in [9.17, 15) is 8.42 Å². The Morgan fingerprint density at radius 3 is 2.41 bits per heavy atom. The van der Waals surface area contributed by atoms with E-state index in [4.69, 9.17) is 5.73 Å². The molecular formula is C12H20N2O2S. The molecule has 0 saturated carbocycles. The Morgan fingerprint density at radius 2 is 1.94 bits per heavy atom. The standard InChI is InChI=1S/C12H20N2O2S/c1-5-12(2,3)14(4)17(15,16)11-8-6-7-10(13)9-11/h6-9H,5,13H2,1-4H3. The molecule has 0 aliphatic carbocycles. The van der Waals surface area contributed by atoms with E-state index >= 15 is 0 Å². The highest BCUT2D eigenvalue weighted by Crippen LogP contribution is 2.25. The summed E-state index contributed by atoms with van der Waals surface area (Å²) >= 11 is 0. The summed E-state index contributed by atoms with van der Waals surface area (Å²) in [6, 6.07) is 6.37. The first-order valence-electron chi connectivity index (χ1n) is 5.56. The van der Waals surface area contributed by atoms with E-state index in [-0.39, 0.29) is 4.90 Å². The van der Waals surface area contributed by atoms with Crippen LogP contribution in [0.3, 0.4) is 0 Å². The predicted molar refractivity (Wildman–Crippen MR) is 70.2 cm³/mol. The van der Waals surface area contributed by atoms with Crippen molar-refractivity contribution >= 4 is 15.7 Å². The lowest BCUT2D eigenvalue weighted by Crippen LogP contribution is -2.44. The van der Waals surface area contributed by atoms with E-state index in [1.165, 1.54) is 10.4 Å². The predicted octanol–water partition coefficient (Wildman–Crippen LogP) is 2.08. The van der Waals surface area contributed by atoms with Gasteiger partial charge in [-0.1, -0.05) is 13.0 Å². The van der Waals surface area contributed by atoms with E-state index in [0.717, 1.165) is 6.42 Å². The molecule has 0 amide bonds. The van der Waals surface area contributed by atoms with Gasteiger partial charge in [0.05, 0.1) is 4.90 Å². The van der Waals surface area contributed by atoms with Gasteiger partial charge in [0, 0.05) is 18.3 Å². The second-order valence-corrected chi connectivity index (χ2v) is 6.68. The molecule has 0 heterocycles. The van der Waals surface area contributed by atoms with Crippen LogP contribution in [-0.4, -0.2) is 25.3 Å². The van der Waals surface area contributed by atoms with Crippen LogP contribution in [0.25, 0.3) is 0 Å². The van der Waals surface area contributed by atoms with Crippen LogP contribution >= 0.6 is 0 Å². The van der Waals surface area contributed by atoms with E-state index in [2.05, 4.69) is 0 Å². The fraction of sp³-hybridized carbons (Fsp3) is 0.500. The lowest BCUT2D eigenvalue weighted by molar-refractivity contribution is 0.257. The third-order valence-corrected chi connectivity index (χ3v) is 5.30. The van der Waals surface area contributed by atoms with Crippen LogP contribution in [-0.2, 0) is 10.0 Å². The van der Waals surface area contributed by atoms with Gasteiger partial charge < -0.3 is 5.73 Å². The largest absolute Gasteiger partial charge is 0.399 e. The van der Waals surface area contributed by atoms with E-state index in [0.29, 0.717) is 5.69 Å². The molecule has 1 aromatic carbocycles. The first-order chi connectivity index (χ1) is 7.71. The molecule has 1 aromatic rings. The van der Waals surface area contributed by atoms with Gasteiger partial charge in [-0.15, -0.1) is 0 Å². The van der Waals surface area contributed by atoms with E-state index < -0.39 is 15.6 Å². The van der Waals surface area contributed by atoms with Gasteiger partial charge in [0.1, 0.15) is 0 Å². The summed E-state index contributed by atoms with van der Waals surface area (Å²) in [4.78, 5) is 0.238. The van der Waals surface area contributed by atoms with Crippen LogP contribution in [0.1, 0.15) is 27.2 Å².